The monoisotopic (exact) mass is 440 g/mol. The molecule has 0 saturated heterocycles. The third kappa shape index (κ3) is 10.6. The van der Waals surface area contributed by atoms with Crippen molar-refractivity contribution in [2.75, 3.05) is 18.1 Å². The first-order chi connectivity index (χ1) is 14.0. The van der Waals surface area contributed by atoms with E-state index < -0.39 is 8.07 Å². The molecule has 0 aromatic rings. The fraction of sp³-hybridized carbons (Fsp3) is 1.00. The minimum Gasteiger partial charge on any atom is -0.379 e. The van der Waals surface area contributed by atoms with Gasteiger partial charge in [-0.15, -0.1) is 0 Å². The fourth-order valence-corrected chi connectivity index (χ4v) is 11.0. The Kier molecular flexibility index (Phi) is 12.9. The van der Waals surface area contributed by atoms with Crippen molar-refractivity contribution < 1.29 is 4.74 Å². The van der Waals surface area contributed by atoms with E-state index in [0.717, 1.165) is 18.4 Å². The van der Waals surface area contributed by atoms with E-state index in [4.69, 9.17) is 4.74 Å². The van der Waals surface area contributed by atoms with Gasteiger partial charge in [0.05, 0.1) is 14.2 Å². The molecule has 0 aromatic carbocycles. The molecule has 172 valence electrons. The van der Waals surface area contributed by atoms with Crippen molar-refractivity contribution in [1.82, 2.24) is 0 Å². The Bertz CT molecular complexity index is 412. The summed E-state index contributed by atoms with van der Waals surface area (Å²) in [6.07, 6.45) is 21.3. The Morgan fingerprint density at radius 2 is 1.41 bits per heavy atom. The number of hydrogen-bond donors (Lipinski definition) is 0. The molecule has 0 heterocycles. The number of rotatable bonds is 18. The van der Waals surface area contributed by atoms with Gasteiger partial charge in [0.1, 0.15) is 0 Å². The first-order valence-corrected chi connectivity index (χ1v) is 17.6. The van der Waals surface area contributed by atoms with Gasteiger partial charge >= 0.3 is 0 Å². The molecule has 2 rings (SSSR count). The van der Waals surface area contributed by atoms with E-state index in [1.807, 2.05) is 0 Å². The zero-order valence-electron chi connectivity index (χ0n) is 20.4. The molecule has 0 aromatic heterocycles. The summed E-state index contributed by atoms with van der Waals surface area (Å²) in [7, 11) is -0.943. The predicted molar refractivity (Wildman–Crippen MR) is 136 cm³/mol. The standard InChI is InChI=1S/C26H52OSSi/c1-23(2)27-17-14-19-28-18-12-10-8-6-5-7-9-11-13-20-29(3,4)26-22-24-15-16-25(26)21-24/h23-26H,5-22H2,1-4H3. The summed E-state index contributed by atoms with van der Waals surface area (Å²) in [5.41, 5.74) is 1.19. The lowest BCUT2D eigenvalue weighted by molar-refractivity contribution is 0.0800. The molecule has 3 heteroatoms. The minimum atomic E-state index is -0.943. The maximum absolute atomic E-state index is 5.59. The molecule has 3 atom stereocenters. The molecule has 0 spiro atoms. The van der Waals surface area contributed by atoms with E-state index in [2.05, 4.69) is 38.7 Å². The van der Waals surface area contributed by atoms with Crippen LogP contribution in [0.1, 0.15) is 104 Å². The Hall–Kier alpha value is 0.527. The van der Waals surface area contributed by atoms with Gasteiger partial charge in [0.15, 0.2) is 0 Å². The number of ether oxygens (including phenoxy) is 1. The first-order valence-electron chi connectivity index (χ1n) is 13.2. The van der Waals surface area contributed by atoms with Crippen molar-refractivity contribution in [1.29, 1.82) is 0 Å². The molecule has 0 N–H and O–H groups in total. The molecule has 1 nitrogen and oxygen atoms in total. The van der Waals surface area contributed by atoms with Crippen LogP contribution in [0.15, 0.2) is 0 Å². The number of thioether (sulfide) groups is 1. The van der Waals surface area contributed by atoms with Gasteiger partial charge in [-0.3, -0.25) is 0 Å². The van der Waals surface area contributed by atoms with Gasteiger partial charge < -0.3 is 4.74 Å². The molecule has 0 radical (unpaired) electrons. The van der Waals surface area contributed by atoms with E-state index in [1.54, 1.807) is 31.7 Å². The SMILES string of the molecule is CC(C)OCCCSCCCCCCCCCCC[Si](C)(C)C1CC2CCC1C2. The molecule has 2 aliphatic rings. The Balaban J connectivity index is 1.30. The minimum absolute atomic E-state index is 0.390. The molecule has 2 aliphatic carbocycles. The molecular formula is C26H52OSSi. The number of fused-ring (bicyclic) bond motifs is 2. The van der Waals surface area contributed by atoms with E-state index in [9.17, 15) is 0 Å². The maximum Gasteiger partial charge on any atom is 0.0518 e. The van der Waals surface area contributed by atoms with Crippen LogP contribution in [0.5, 0.6) is 0 Å². The summed E-state index contributed by atoms with van der Waals surface area (Å²) >= 11 is 2.12. The molecule has 29 heavy (non-hydrogen) atoms. The highest BCUT2D eigenvalue weighted by atomic mass is 32.2. The quantitative estimate of drug-likeness (QED) is 0.155. The lowest BCUT2D eigenvalue weighted by Crippen LogP contribution is -2.35. The normalized spacial score (nSPS) is 24.1. The zero-order chi connectivity index (χ0) is 21.0. The third-order valence-corrected chi connectivity index (χ3v) is 13.2. The first kappa shape index (κ1) is 25.8. The summed E-state index contributed by atoms with van der Waals surface area (Å²) in [6.45, 7) is 10.6. The van der Waals surface area contributed by atoms with Crippen LogP contribution in [0.25, 0.3) is 0 Å². The van der Waals surface area contributed by atoms with Gasteiger partial charge in [0.25, 0.3) is 0 Å². The van der Waals surface area contributed by atoms with Crippen LogP contribution in [0.3, 0.4) is 0 Å². The van der Waals surface area contributed by atoms with Crippen LogP contribution in [-0.2, 0) is 4.74 Å². The predicted octanol–water partition coefficient (Wildman–Crippen LogP) is 8.94. The average molecular weight is 441 g/mol. The highest BCUT2D eigenvalue weighted by Crippen LogP contribution is 2.56. The van der Waals surface area contributed by atoms with Gasteiger partial charge in [-0.2, -0.15) is 11.8 Å². The second-order valence-corrected chi connectivity index (χ2v) is 17.5. The number of unbranched alkanes of at least 4 members (excludes halogenated alkanes) is 8. The summed E-state index contributed by atoms with van der Waals surface area (Å²) in [5, 5.41) is 0. The number of hydrogen-bond acceptors (Lipinski definition) is 2. The lowest BCUT2D eigenvalue weighted by Gasteiger charge is -2.36. The highest BCUT2D eigenvalue weighted by Gasteiger charge is 2.46. The lowest BCUT2D eigenvalue weighted by atomic mass is 10.0. The van der Waals surface area contributed by atoms with Gasteiger partial charge in [-0.1, -0.05) is 83.3 Å². The summed E-state index contributed by atoms with van der Waals surface area (Å²) in [4.78, 5) is 0. The third-order valence-electron chi connectivity index (χ3n) is 7.74. The molecule has 0 amide bonds. The van der Waals surface area contributed by atoms with Crippen molar-refractivity contribution in [2.45, 2.75) is 135 Å². The van der Waals surface area contributed by atoms with Crippen LogP contribution >= 0.6 is 11.8 Å². The summed E-state index contributed by atoms with van der Waals surface area (Å²) in [5.74, 6) is 4.91. The van der Waals surface area contributed by atoms with Crippen LogP contribution < -0.4 is 0 Å². The van der Waals surface area contributed by atoms with Gasteiger partial charge in [-0.05, 0) is 68.4 Å². The highest BCUT2D eigenvalue weighted by molar-refractivity contribution is 7.99. The Morgan fingerprint density at radius 3 is 2.00 bits per heavy atom. The molecule has 2 bridgehead atoms. The smallest absolute Gasteiger partial charge is 0.0518 e. The second kappa shape index (κ2) is 14.6. The molecule has 2 fully saturated rings. The molecular weight excluding hydrogens is 388 g/mol. The van der Waals surface area contributed by atoms with E-state index in [-0.39, 0.29) is 0 Å². The van der Waals surface area contributed by atoms with Crippen LogP contribution in [0, 0.1) is 11.8 Å². The van der Waals surface area contributed by atoms with Gasteiger partial charge in [0.2, 0.25) is 0 Å². The summed E-state index contributed by atoms with van der Waals surface area (Å²) in [6, 6.07) is 1.61. The van der Waals surface area contributed by atoms with Crippen molar-refractivity contribution in [3.63, 3.8) is 0 Å². The van der Waals surface area contributed by atoms with Crippen molar-refractivity contribution in [3.05, 3.63) is 0 Å². The van der Waals surface area contributed by atoms with Gasteiger partial charge in [-0.25, -0.2) is 0 Å². The van der Waals surface area contributed by atoms with Crippen molar-refractivity contribution in [2.24, 2.45) is 11.8 Å². The largest absolute Gasteiger partial charge is 0.379 e. The van der Waals surface area contributed by atoms with E-state index >= 15 is 0 Å². The second-order valence-electron chi connectivity index (χ2n) is 11.1. The molecule has 0 aliphatic heterocycles. The zero-order valence-corrected chi connectivity index (χ0v) is 22.2. The van der Waals surface area contributed by atoms with E-state index in [1.165, 1.54) is 81.3 Å². The Morgan fingerprint density at radius 1 is 0.793 bits per heavy atom. The van der Waals surface area contributed by atoms with Crippen molar-refractivity contribution >= 4 is 19.8 Å². The summed E-state index contributed by atoms with van der Waals surface area (Å²) < 4.78 is 5.59. The van der Waals surface area contributed by atoms with E-state index in [0.29, 0.717) is 6.10 Å². The topological polar surface area (TPSA) is 9.23 Å². The van der Waals surface area contributed by atoms with Gasteiger partial charge in [0, 0.05) is 6.61 Å². The van der Waals surface area contributed by atoms with Crippen molar-refractivity contribution in [3.8, 4) is 0 Å². The Labute approximate surface area is 188 Å². The molecule has 3 unspecified atom stereocenters. The fourth-order valence-electron chi connectivity index (χ4n) is 5.99. The average Bonchev–Trinajstić information content (AvgIpc) is 3.31. The molecule has 2 saturated carbocycles. The van der Waals surface area contributed by atoms with Crippen LogP contribution in [0.2, 0.25) is 24.7 Å². The van der Waals surface area contributed by atoms with Crippen LogP contribution in [-0.4, -0.2) is 32.3 Å². The maximum atomic E-state index is 5.59. The van der Waals surface area contributed by atoms with Crippen LogP contribution in [0.4, 0.5) is 0 Å².